The van der Waals surface area contributed by atoms with E-state index in [9.17, 15) is 0 Å². The van der Waals surface area contributed by atoms with Gasteiger partial charge in [0.2, 0.25) is 0 Å². The van der Waals surface area contributed by atoms with E-state index in [0.717, 1.165) is 0 Å². The van der Waals surface area contributed by atoms with Crippen molar-refractivity contribution in [3.8, 4) is 55.6 Å². The van der Waals surface area contributed by atoms with E-state index in [2.05, 4.69) is 170 Å². The van der Waals surface area contributed by atoms with Crippen molar-refractivity contribution in [2.45, 2.75) is 0 Å². The molecule has 0 unspecified atom stereocenters. The van der Waals surface area contributed by atoms with Crippen LogP contribution in [0.15, 0.2) is 170 Å². The fraction of sp³-hybridized carbons (Fsp3) is 0. The molecule has 220 valence electrons. The normalized spacial score (nSPS) is 12.2. The molecule has 0 fully saturated rings. The van der Waals surface area contributed by atoms with Crippen LogP contribution < -0.4 is 0 Å². The first-order valence-electron chi connectivity index (χ1n) is 16.8. The maximum atomic E-state index is 2.41. The Kier molecular flexibility index (Phi) is 5.20. The maximum Gasteiger partial charge on any atom is -0.000696 e. The predicted molar refractivity (Wildman–Crippen MR) is 206 cm³/mol. The van der Waals surface area contributed by atoms with Crippen LogP contribution in [0.5, 0.6) is 0 Å². The molecular weight excluding hydrogens is 577 g/mol. The van der Waals surface area contributed by atoms with E-state index in [-0.39, 0.29) is 0 Å². The lowest BCUT2D eigenvalue weighted by molar-refractivity contribution is 1.63. The molecule has 0 bridgehead atoms. The minimum absolute atomic E-state index is 1.24. The van der Waals surface area contributed by atoms with Crippen LogP contribution in [-0.2, 0) is 0 Å². The zero-order chi connectivity index (χ0) is 31.3. The van der Waals surface area contributed by atoms with Gasteiger partial charge in [-0.25, -0.2) is 0 Å². The Labute approximate surface area is 278 Å². The van der Waals surface area contributed by atoms with Crippen LogP contribution in [0.25, 0.3) is 109 Å². The Morgan fingerprint density at radius 2 is 0.667 bits per heavy atom. The number of hydrogen-bond donors (Lipinski definition) is 0. The van der Waals surface area contributed by atoms with Gasteiger partial charge in [0.25, 0.3) is 0 Å². The largest absolute Gasteiger partial charge is 0.0622 e. The number of rotatable bonds is 3. The van der Waals surface area contributed by atoms with Gasteiger partial charge < -0.3 is 0 Å². The van der Waals surface area contributed by atoms with Crippen LogP contribution in [-0.4, -0.2) is 0 Å². The van der Waals surface area contributed by atoms with Crippen LogP contribution >= 0.6 is 0 Å². The average molecular weight is 605 g/mol. The molecular formula is C48H28. The third kappa shape index (κ3) is 3.34. The van der Waals surface area contributed by atoms with E-state index < -0.39 is 0 Å². The van der Waals surface area contributed by atoms with Crippen LogP contribution in [0.4, 0.5) is 0 Å². The summed E-state index contributed by atoms with van der Waals surface area (Å²) in [5.41, 5.74) is 13.0. The molecule has 10 aromatic rings. The molecule has 0 heteroatoms. The Morgan fingerprint density at radius 1 is 0.208 bits per heavy atom. The van der Waals surface area contributed by atoms with Gasteiger partial charge in [-0.3, -0.25) is 0 Å². The molecule has 0 amide bonds. The van der Waals surface area contributed by atoms with E-state index in [0.29, 0.717) is 0 Å². The maximum absolute atomic E-state index is 2.41. The highest BCUT2D eigenvalue weighted by atomic mass is 14.3. The van der Waals surface area contributed by atoms with Crippen molar-refractivity contribution >= 4 is 53.9 Å². The predicted octanol–water partition coefficient (Wildman–Crippen LogP) is 13.5. The highest BCUT2D eigenvalue weighted by Gasteiger charge is 2.32. The molecule has 0 nitrogen and oxygen atoms in total. The summed E-state index contributed by atoms with van der Waals surface area (Å²) in [6.07, 6.45) is 0. The van der Waals surface area contributed by atoms with Crippen molar-refractivity contribution < 1.29 is 0 Å². The lowest BCUT2D eigenvalue weighted by Gasteiger charge is -2.21. The Balaban J connectivity index is 1.42. The molecule has 0 aliphatic heterocycles. The second kappa shape index (κ2) is 9.64. The second-order valence-corrected chi connectivity index (χ2v) is 13.1. The molecule has 0 radical (unpaired) electrons. The van der Waals surface area contributed by atoms with E-state index in [1.54, 1.807) is 0 Å². The van der Waals surface area contributed by atoms with Gasteiger partial charge in [-0.05, 0) is 109 Å². The molecule has 0 N–H and O–H groups in total. The number of benzene rings is 10. The van der Waals surface area contributed by atoms with Crippen molar-refractivity contribution in [1.29, 1.82) is 0 Å². The minimum Gasteiger partial charge on any atom is -0.0622 e. The minimum atomic E-state index is 1.24. The average Bonchev–Trinajstić information content (AvgIpc) is 3.49. The molecule has 48 heavy (non-hydrogen) atoms. The van der Waals surface area contributed by atoms with Crippen molar-refractivity contribution in [3.05, 3.63) is 170 Å². The third-order valence-electron chi connectivity index (χ3n) is 10.7. The molecule has 1 aliphatic carbocycles. The Morgan fingerprint density at radius 3 is 1.29 bits per heavy atom. The van der Waals surface area contributed by atoms with Gasteiger partial charge in [0.05, 0.1) is 0 Å². The zero-order valence-corrected chi connectivity index (χ0v) is 26.2. The van der Waals surface area contributed by atoms with Gasteiger partial charge >= 0.3 is 0 Å². The van der Waals surface area contributed by atoms with Gasteiger partial charge in [-0.15, -0.1) is 0 Å². The molecule has 0 saturated heterocycles. The Hall–Kier alpha value is -6.24. The fourth-order valence-corrected chi connectivity index (χ4v) is 8.88. The highest BCUT2D eigenvalue weighted by molar-refractivity contribution is 6.41. The summed E-state index contributed by atoms with van der Waals surface area (Å²) in [5.74, 6) is 0. The SMILES string of the molecule is c1ccc(-c2c3c(c4c5cccc6cccc(c7cccc2c74)c65)-c2ccc(-c4ccccc4)c4c(-c5ccccc5)ccc-3c24)cc1. The molecule has 0 atom stereocenters. The van der Waals surface area contributed by atoms with Gasteiger partial charge in [0.15, 0.2) is 0 Å². The smallest absolute Gasteiger partial charge is 0.000696 e. The van der Waals surface area contributed by atoms with Gasteiger partial charge in [-0.1, -0.05) is 170 Å². The molecule has 10 aromatic carbocycles. The fourth-order valence-electron chi connectivity index (χ4n) is 8.88. The van der Waals surface area contributed by atoms with Gasteiger partial charge in [0, 0.05) is 0 Å². The summed E-state index contributed by atoms with van der Waals surface area (Å²) in [7, 11) is 0. The van der Waals surface area contributed by atoms with Crippen molar-refractivity contribution in [3.63, 3.8) is 0 Å². The topological polar surface area (TPSA) is 0 Å². The summed E-state index contributed by atoms with van der Waals surface area (Å²) in [6, 6.07) is 63.0. The van der Waals surface area contributed by atoms with Crippen molar-refractivity contribution in [1.82, 2.24) is 0 Å². The zero-order valence-electron chi connectivity index (χ0n) is 26.2. The monoisotopic (exact) mass is 604 g/mol. The molecule has 1 aliphatic rings. The van der Waals surface area contributed by atoms with Gasteiger partial charge in [-0.2, -0.15) is 0 Å². The summed E-state index contributed by atoms with van der Waals surface area (Å²) in [5, 5.41) is 13.3. The standard InChI is InChI=1S/C48H28/c1-4-13-29(14-5-1)33-25-27-39-45-40(28-26-34(43(33)45)30-15-6-2-7-16-30)48-46(39)42(32-17-8-3-9-18-32)38-24-12-22-36-35-21-10-19-31-20-11-23-37(41(31)35)47(48)44(36)38/h1-28H. The first-order valence-corrected chi connectivity index (χ1v) is 16.8. The Bertz CT molecular complexity index is 2850. The van der Waals surface area contributed by atoms with Crippen LogP contribution in [0.1, 0.15) is 0 Å². The third-order valence-corrected chi connectivity index (χ3v) is 10.7. The van der Waals surface area contributed by atoms with Gasteiger partial charge in [0.1, 0.15) is 0 Å². The second-order valence-electron chi connectivity index (χ2n) is 13.1. The highest BCUT2D eigenvalue weighted by Crippen LogP contribution is 2.60. The van der Waals surface area contributed by atoms with Crippen molar-refractivity contribution in [2.75, 3.05) is 0 Å². The molecule has 11 rings (SSSR count). The molecule has 0 heterocycles. The lowest BCUT2D eigenvalue weighted by Crippen LogP contribution is -1.94. The van der Waals surface area contributed by atoms with E-state index >= 15 is 0 Å². The first-order chi connectivity index (χ1) is 23.9. The first kappa shape index (κ1) is 25.9. The summed E-state index contributed by atoms with van der Waals surface area (Å²) < 4.78 is 0. The summed E-state index contributed by atoms with van der Waals surface area (Å²) in [6.45, 7) is 0. The summed E-state index contributed by atoms with van der Waals surface area (Å²) in [4.78, 5) is 0. The van der Waals surface area contributed by atoms with E-state index in [1.165, 1.54) is 109 Å². The van der Waals surface area contributed by atoms with Crippen LogP contribution in [0.2, 0.25) is 0 Å². The van der Waals surface area contributed by atoms with E-state index in [1.807, 2.05) is 0 Å². The number of fused-ring (bicyclic) bond motifs is 6. The molecule has 0 saturated carbocycles. The van der Waals surface area contributed by atoms with E-state index in [4.69, 9.17) is 0 Å². The summed E-state index contributed by atoms with van der Waals surface area (Å²) >= 11 is 0. The molecule has 0 aromatic heterocycles. The number of hydrogen-bond acceptors (Lipinski definition) is 0. The van der Waals surface area contributed by atoms with Crippen molar-refractivity contribution in [2.24, 2.45) is 0 Å². The van der Waals surface area contributed by atoms with Crippen LogP contribution in [0, 0.1) is 0 Å². The van der Waals surface area contributed by atoms with Crippen LogP contribution in [0.3, 0.4) is 0 Å². The quantitative estimate of drug-likeness (QED) is 0.139. The molecule has 0 spiro atoms. The lowest BCUT2D eigenvalue weighted by atomic mass is 9.81.